The Bertz CT molecular complexity index is 197. The van der Waals surface area contributed by atoms with E-state index in [-0.39, 0.29) is 11.9 Å². The van der Waals surface area contributed by atoms with Gasteiger partial charge in [-0.2, -0.15) is 0 Å². The number of amides is 1. The first-order chi connectivity index (χ1) is 6.65. The van der Waals surface area contributed by atoms with Crippen molar-refractivity contribution in [3.05, 3.63) is 0 Å². The van der Waals surface area contributed by atoms with Gasteiger partial charge >= 0.3 is 0 Å². The number of carbonyl (C=O) groups excluding carboxylic acids is 1. The van der Waals surface area contributed by atoms with Crippen LogP contribution in [0.25, 0.3) is 0 Å². The molecule has 1 saturated carbocycles. The maximum absolute atomic E-state index is 11.4. The van der Waals surface area contributed by atoms with Crippen molar-refractivity contribution >= 4 is 5.91 Å². The van der Waals surface area contributed by atoms with Crippen LogP contribution in [-0.4, -0.2) is 29.2 Å². The molecule has 1 aliphatic rings. The zero-order valence-corrected chi connectivity index (χ0v) is 8.70. The second-order valence-electron chi connectivity index (χ2n) is 3.98. The third kappa shape index (κ3) is 2.96. The van der Waals surface area contributed by atoms with Crippen molar-refractivity contribution < 1.29 is 9.90 Å². The number of nitrogens with one attached hydrogen (secondary N) is 1. The van der Waals surface area contributed by atoms with Crippen LogP contribution in [0.4, 0.5) is 0 Å². The van der Waals surface area contributed by atoms with Crippen molar-refractivity contribution in [3.63, 3.8) is 0 Å². The third-order valence-electron chi connectivity index (χ3n) is 2.83. The second kappa shape index (κ2) is 5.32. The van der Waals surface area contributed by atoms with Gasteiger partial charge in [-0.3, -0.25) is 4.79 Å². The fourth-order valence-corrected chi connectivity index (χ4v) is 1.75. The summed E-state index contributed by atoms with van der Waals surface area (Å²) < 4.78 is 0. The molecule has 4 heteroatoms. The Morgan fingerprint density at radius 3 is 2.79 bits per heavy atom. The monoisotopic (exact) mass is 200 g/mol. The van der Waals surface area contributed by atoms with E-state index < -0.39 is 12.1 Å². The molecule has 0 aromatic carbocycles. The van der Waals surface area contributed by atoms with Crippen LogP contribution >= 0.6 is 0 Å². The minimum Gasteiger partial charge on any atom is -0.391 e. The molecule has 0 bridgehead atoms. The van der Waals surface area contributed by atoms with Gasteiger partial charge < -0.3 is 16.2 Å². The average molecular weight is 200 g/mol. The molecule has 0 aromatic rings. The van der Waals surface area contributed by atoms with E-state index >= 15 is 0 Å². The van der Waals surface area contributed by atoms with Gasteiger partial charge in [-0.05, 0) is 19.3 Å². The molecule has 0 unspecified atom stereocenters. The summed E-state index contributed by atoms with van der Waals surface area (Å²) in [5, 5.41) is 12.4. The highest BCUT2D eigenvalue weighted by molar-refractivity contribution is 5.81. The molecule has 4 nitrogen and oxygen atoms in total. The number of carbonyl (C=O) groups is 1. The van der Waals surface area contributed by atoms with E-state index in [1.54, 1.807) is 0 Å². The third-order valence-corrected chi connectivity index (χ3v) is 2.83. The smallest absolute Gasteiger partial charge is 0.237 e. The molecule has 1 aliphatic carbocycles. The van der Waals surface area contributed by atoms with Gasteiger partial charge in [0.1, 0.15) is 0 Å². The van der Waals surface area contributed by atoms with Crippen LogP contribution in [0.5, 0.6) is 0 Å². The van der Waals surface area contributed by atoms with Crippen LogP contribution in [0.3, 0.4) is 0 Å². The van der Waals surface area contributed by atoms with Crippen LogP contribution < -0.4 is 11.1 Å². The number of nitrogens with two attached hydrogens (primary N) is 1. The predicted molar refractivity (Wildman–Crippen MR) is 54.7 cm³/mol. The number of hydrogen-bond acceptors (Lipinski definition) is 3. The molecule has 4 N–H and O–H groups in total. The Labute approximate surface area is 84.9 Å². The Hall–Kier alpha value is -0.610. The second-order valence-corrected chi connectivity index (χ2v) is 3.98. The van der Waals surface area contributed by atoms with Crippen LogP contribution in [-0.2, 0) is 4.79 Å². The number of rotatable bonds is 3. The summed E-state index contributed by atoms with van der Waals surface area (Å²) in [6.45, 7) is 1.88. The van der Waals surface area contributed by atoms with Crippen LogP contribution in [0, 0.1) is 0 Å². The lowest BCUT2D eigenvalue weighted by atomic mass is 9.92. The van der Waals surface area contributed by atoms with E-state index in [1.807, 2.05) is 6.92 Å². The summed E-state index contributed by atoms with van der Waals surface area (Å²) in [6.07, 6.45) is 4.01. The summed E-state index contributed by atoms with van der Waals surface area (Å²) in [5.41, 5.74) is 5.59. The van der Waals surface area contributed by atoms with Gasteiger partial charge in [-0.15, -0.1) is 0 Å². The molecule has 14 heavy (non-hydrogen) atoms. The first-order valence-corrected chi connectivity index (χ1v) is 5.39. The van der Waals surface area contributed by atoms with E-state index in [4.69, 9.17) is 5.73 Å². The largest absolute Gasteiger partial charge is 0.391 e. The highest BCUT2D eigenvalue weighted by atomic mass is 16.3. The number of hydrogen-bond donors (Lipinski definition) is 3. The Morgan fingerprint density at radius 2 is 2.21 bits per heavy atom. The zero-order valence-electron chi connectivity index (χ0n) is 8.70. The van der Waals surface area contributed by atoms with E-state index in [1.165, 1.54) is 0 Å². The molecular formula is C10H20N2O2. The summed E-state index contributed by atoms with van der Waals surface area (Å²) >= 11 is 0. The van der Waals surface area contributed by atoms with Crippen molar-refractivity contribution in [3.8, 4) is 0 Å². The van der Waals surface area contributed by atoms with E-state index in [9.17, 15) is 9.90 Å². The molecule has 82 valence electrons. The van der Waals surface area contributed by atoms with Crippen molar-refractivity contribution in [2.24, 2.45) is 5.73 Å². The molecule has 0 radical (unpaired) electrons. The van der Waals surface area contributed by atoms with Crippen molar-refractivity contribution in [2.45, 2.75) is 57.2 Å². The predicted octanol–water partition coefficient (Wildman–Crippen LogP) is 0.143. The van der Waals surface area contributed by atoms with Crippen molar-refractivity contribution in [1.29, 1.82) is 0 Å². The molecule has 1 amide bonds. The highest BCUT2D eigenvalue weighted by Crippen LogP contribution is 2.18. The maximum Gasteiger partial charge on any atom is 0.237 e. The van der Waals surface area contributed by atoms with Crippen molar-refractivity contribution in [1.82, 2.24) is 5.32 Å². The van der Waals surface area contributed by atoms with Gasteiger partial charge in [-0.25, -0.2) is 0 Å². The van der Waals surface area contributed by atoms with E-state index in [0.717, 1.165) is 25.7 Å². The Balaban J connectivity index is 2.38. The van der Waals surface area contributed by atoms with Crippen LogP contribution in [0.1, 0.15) is 39.0 Å². The van der Waals surface area contributed by atoms with Gasteiger partial charge in [0.25, 0.3) is 0 Å². The molecule has 3 atom stereocenters. The maximum atomic E-state index is 11.4. The van der Waals surface area contributed by atoms with Gasteiger partial charge in [0.15, 0.2) is 0 Å². The Kier molecular flexibility index (Phi) is 4.35. The van der Waals surface area contributed by atoms with Crippen molar-refractivity contribution in [2.75, 3.05) is 0 Å². The summed E-state index contributed by atoms with van der Waals surface area (Å²) in [4.78, 5) is 11.4. The molecule has 1 rings (SSSR count). The lowest BCUT2D eigenvalue weighted by Crippen LogP contribution is -2.50. The first kappa shape index (κ1) is 11.5. The fraction of sp³-hybridized carbons (Fsp3) is 0.900. The van der Waals surface area contributed by atoms with Crippen LogP contribution in [0.15, 0.2) is 0 Å². The molecular weight excluding hydrogens is 180 g/mol. The SMILES string of the molecule is CC[C@H](N)C(=O)N[C@@H]1CCCC[C@H]1O. The minimum atomic E-state index is -0.441. The first-order valence-electron chi connectivity index (χ1n) is 5.39. The molecule has 0 aromatic heterocycles. The normalized spacial score (nSPS) is 29.6. The lowest BCUT2D eigenvalue weighted by Gasteiger charge is -2.29. The molecule has 0 aliphatic heterocycles. The van der Waals surface area contributed by atoms with E-state index in [0.29, 0.717) is 6.42 Å². The number of aliphatic hydroxyl groups excluding tert-OH is 1. The molecule has 0 heterocycles. The summed E-state index contributed by atoms with van der Waals surface area (Å²) in [7, 11) is 0. The quantitative estimate of drug-likeness (QED) is 0.606. The topological polar surface area (TPSA) is 75.4 Å². The summed E-state index contributed by atoms with van der Waals surface area (Å²) in [5.74, 6) is -0.140. The molecule has 1 fully saturated rings. The average Bonchev–Trinajstić information content (AvgIpc) is 2.20. The van der Waals surface area contributed by atoms with Crippen LogP contribution in [0.2, 0.25) is 0 Å². The zero-order chi connectivity index (χ0) is 10.6. The molecule has 0 saturated heterocycles. The molecule has 0 spiro atoms. The van der Waals surface area contributed by atoms with Gasteiger partial charge in [0, 0.05) is 0 Å². The standard InChI is InChI=1S/C10H20N2O2/c1-2-7(11)10(14)12-8-5-3-4-6-9(8)13/h7-9,13H,2-6,11H2,1H3,(H,12,14)/t7-,8+,9+/m0/s1. The lowest BCUT2D eigenvalue weighted by molar-refractivity contribution is -0.124. The fourth-order valence-electron chi connectivity index (χ4n) is 1.75. The van der Waals surface area contributed by atoms with E-state index in [2.05, 4.69) is 5.32 Å². The minimum absolute atomic E-state index is 0.0890. The van der Waals surface area contributed by atoms with Gasteiger partial charge in [0.05, 0.1) is 18.2 Å². The highest BCUT2D eigenvalue weighted by Gasteiger charge is 2.25. The summed E-state index contributed by atoms with van der Waals surface area (Å²) in [6, 6.07) is -0.530. The van der Waals surface area contributed by atoms with Gasteiger partial charge in [-0.1, -0.05) is 19.8 Å². The Morgan fingerprint density at radius 1 is 1.57 bits per heavy atom. The van der Waals surface area contributed by atoms with Gasteiger partial charge in [0.2, 0.25) is 5.91 Å². The number of aliphatic hydroxyl groups is 1.